The van der Waals surface area contributed by atoms with E-state index >= 15 is 0 Å². The SMILES string of the molecule is CC(C)(C)c1ccc(N2c3cc4c(cc3B3c5ccc(-c6ccccc6)cc5N(c5cccc(-c6ccccc6)c5)c5cc(N6c7ccc(C(C)(C)C)cc7C7(C)CCCCC67C)cc2c53)C(C)(C)c2ccccc2C4(C)C)c(-c2ccccc2)c1. The molecule has 0 aromatic heterocycles. The molecule has 86 heavy (non-hydrogen) atoms. The van der Waals surface area contributed by atoms with E-state index in [0.717, 1.165) is 18.5 Å². The van der Waals surface area contributed by atoms with E-state index in [1.54, 1.807) is 0 Å². The van der Waals surface area contributed by atoms with Gasteiger partial charge < -0.3 is 14.7 Å². The van der Waals surface area contributed by atoms with Crippen LogP contribution in [-0.2, 0) is 27.1 Å². The van der Waals surface area contributed by atoms with Gasteiger partial charge in [-0.15, -0.1) is 0 Å². The van der Waals surface area contributed by atoms with Crippen LogP contribution in [0.15, 0.2) is 218 Å². The highest BCUT2D eigenvalue weighted by molar-refractivity contribution is 7.00. The van der Waals surface area contributed by atoms with Crippen molar-refractivity contribution >= 4 is 68.6 Å². The molecular weight excluding hydrogens is 1040 g/mol. The lowest BCUT2D eigenvalue weighted by Crippen LogP contribution is -2.62. The lowest BCUT2D eigenvalue weighted by Gasteiger charge is -2.51. The molecule has 2 unspecified atom stereocenters. The highest BCUT2D eigenvalue weighted by Crippen LogP contribution is 2.63. The maximum absolute atomic E-state index is 2.85. The smallest absolute Gasteiger partial charge is 0.252 e. The highest BCUT2D eigenvalue weighted by Gasteiger charge is 2.59. The van der Waals surface area contributed by atoms with Crippen molar-refractivity contribution < 1.29 is 0 Å². The molecule has 10 aromatic carbocycles. The Kier molecular flexibility index (Phi) is 12.1. The predicted molar refractivity (Wildman–Crippen MR) is 368 cm³/mol. The second-order valence-corrected chi connectivity index (χ2v) is 29.3. The molecule has 0 spiro atoms. The lowest BCUT2D eigenvalue weighted by molar-refractivity contribution is 0.195. The van der Waals surface area contributed by atoms with E-state index in [2.05, 4.69) is 316 Å². The van der Waals surface area contributed by atoms with E-state index in [-0.39, 0.29) is 39.3 Å². The topological polar surface area (TPSA) is 9.72 Å². The Balaban J connectivity index is 1.11. The largest absolute Gasteiger partial charge is 0.334 e. The number of anilines is 8. The average molecular weight is 1120 g/mol. The standard InChI is InChI=1S/C82H80BN3/c1-77(2,3)58-38-41-70(62(47-58)55-31-20-15-21-32-55)85-73-52-66-65(79(7,8)63-35-22-23-36-64(63)80(66,9)10)51-69(73)83-68-40-37-57(54-29-18-14-19-30-54)46-72(68)84(60-34-26-33-56(45-60)53-27-16-13-17-28-53)74-49-61(50-75(85)76(74)83)86-71-42-39-59(78(4,5)6)48-67(71)81(11)43-24-25-44-82(81,86)12/h13-23,26-42,45-52H,24-25,43-44H2,1-12H3. The van der Waals surface area contributed by atoms with Gasteiger partial charge in [0.1, 0.15) is 0 Å². The average Bonchev–Trinajstić information content (AvgIpc) is 1.03. The second-order valence-electron chi connectivity index (χ2n) is 29.3. The molecule has 10 aromatic rings. The fourth-order valence-corrected chi connectivity index (χ4v) is 16.5. The van der Waals surface area contributed by atoms with Crippen molar-refractivity contribution in [1.82, 2.24) is 0 Å². The molecule has 0 bridgehead atoms. The number of rotatable bonds is 6. The Hall–Kier alpha value is -8.34. The first kappa shape index (κ1) is 54.3. The predicted octanol–water partition coefficient (Wildman–Crippen LogP) is 20.1. The third-order valence-corrected chi connectivity index (χ3v) is 21.5. The molecular formula is C82H80BN3. The minimum atomic E-state index is -0.283. The molecule has 4 heteroatoms. The van der Waals surface area contributed by atoms with Crippen LogP contribution >= 0.6 is 0 Å². The molecule has 5 aliphatic rings. The Morgan fingerprint density at radius 1 is 0.349 bits per heavy atom. The normalized spacial score (nSPS) is 19.4. The third kappa shape index (κ3) is 8.00. The summed E-state index contributed by atoms with van der Waals surface area (Å²) in [6, 6.07) is 84.8. The van der Waals surface area contributed by atoms with Crippen LogP contribution in [0.4, 0.5) is 45.5 Å². The monoisotopic (exact) mass is 1120 g/mol. The Morgan fingerprint density at radius 3 is 1.50 bits per heavy atom. The first-order valence-corrected chi connectivity index (χ1v) is 31.7. The van der Waals surface area contributed by atoms with Crippen LogP contribution in [0.5, 0.6) is 0 Å². The van der Waals surface area contributed by atoms with Crippen LogP contribution in [0.1, 0.15) is 148 Å². The van der Waals surface area contributed by atoms with Crippen LogP contribution in [0.3, 0.4) is 0 Å². The van der Waals surface area contributed by atoms with Gasteiger partial charge in [0, 0.05) is 61.6 Å². The van der Waals surface area contributed by atoms with E-state index < -0.39 is 0 Å². The lowest BCUT2D eigenvalue weighted by atomic mass is 9.33. The minimum Gasteiger partial charge on any atom is -0.334 e. The van der Waals surface area contributed by atoms with Crippen LogP contribution in [-0.4, -0.2) is 12.3 Å². The third-order valence-electron chi connectivity index (χ3n) is 21.5. The molecule has 1 fully saturated rings. The highest BCUT2D eigenvalue weighted by atomic mass is 15.3. The zero-order chi connectivity index (χ0) is 59.5. The van der Waals surface area contributed by atoms with Crippen LogP contribution in [0.25, 0.3) is 33.4 Å². The van der Waals surface area contributed by atoms with E-state index in [9.17, 15) is 0 Å². The summed E-state index contributed by atoms with van der Waals surface area (Å²) in [7, 11) is 0. The van der Waals surface area contributed by atoms with Crippen molar-refractivity contribution in [2.75, 3.05) is 14.7 Å². The van der Waals surface area contributed by atoms with Crippen molar-refractivity contribution in [3.63, 3.8) is 0 Å². The fourth-order valence-electron chi connectivity index (χ4n) is 16.5. The van der Waals surface area contributed by atoms with Gasteiger partial charge in [0.05, 0.1) is 11.2 Å². The van der Waals surface area contributed by atoms with Gasteiger partial charge in [-0.25, -0.2) is 0 Å². The molecule has 3 heterocycles. The van der Waals surface area contributed by atoms with Gasteiger partial charge in [-0.2, -0.15) is 0 Å². The van der Waals surface area contributed by atoms with E-state index in [4.69, 9.17) is 0 Å². The molecule has 3 aliphatic heterocycles. The number of fused-ring (bicyclic) bond motifs is 9. The molecule has 1 saturated carbocycles. The van der Waals surface area contributed by atoms with Crippen molar-refractivity contribution in [3.05, 3.63) is 257 Å². The molecule has 0 saturated heterocycles. The summed E-state index contributed by atoms with van der Waals surface area (Å²) in [5.41, 5.74) is 29.9. The molecule has 2 aliphatic carbocycles. The number of nitrogens with zero attached hydrogens (tertiary/aromatic N) is 3. The molecule has 3 nitrogen and oxygen atoms in total. The number of hydrogen-bond acceptors (Lipinski definition) is 3. The Bertz CT molecular complexity index is 4370. The first-order chi connectivity index (χ1) is 41.2. The summed E-state index contributed by atoms with van der Waals surface area (Å²) < 4.78 is 0. The number of hydrogen-bond donors (Lipinski definition) is 0. The Labute approximate surface area is 512 Å². The van der Waals surface area contributed by atoms with Crippen LogP contribution < -0.4 is 31.1 Å². The maximum atomic E-state index is 2.85. The fraction of sp³-hybridized carbons (Fsp3) is 0.268. The quantitative estimate of drug-likeness (QED) is 0.154. The zero-order valence-corrected chi connectivity index (χ0v) is 52.5. The van der Waals surface area contributed by atoms with Crippen molar-refractivity contribution in [3.8, 4) is 33.4 Å². The Morgan fingerprint density at radius 2 is 0.872 bits per heavy atom. The second kappa shape index (κ2) is 19.1. The summed E-state index contributed by atoms with van der Waals surface area (Å²) in [6.07, 6.45) is 4.66. The summed E-state index contributed by atoms with van der Waals surface area (Å²) in [5.74, 6) is 0. The first-order valence-electron chi connectivity index (χ1n) is 31.7. The van der Waals surface area contributed by atoms with Crippen molar-refractivity contribution in [2.45, 2.75) is 141 Å². The molecule has 0 radical (unpaired) electrons. The summed E-state index contributed by atoms with van der Waals surface area (Å²) >= 11 is 0. The van der Waals surface area contributed by atoms with Gasteiger partial charge in [-0.3, -0.25) is 0 Å². The molecule has 2 atom stereocenters. The molecule has 15 rings (SSSR count). The molecule has 0 amide bonds. The van der Waals surface area contributed by atoms with E-state index in [0.29, 0.717) is 0 Å². The van der Waals surface area contributed by atoms with Gasteiger partial charge >= 0.3 is 0 Å². The van der Waals surface area contributed by atoms with Crippen LogP contribution in [0, 0.1) is 0 Å². The summed E-state index contributed by atoms with van der Waals surface area (Å²) in [4.78, 5) is 8.26. The van der Waals surface area contributed by atoms with Gasteiger partial charge in [-0.1, -0.05) is 253 Å². The van der Waals surface area contributed by atoms with Crippen molar-refractivity contribution in [2.24, 2.45) is 0 Å². The van der Waals surface area contributed by atoms with E-state index in [1.807, 2.05) is 0 Å². The summed E-state index contributed by atoms with van der Waals surface area (Å²) in [6.45, 7) is 29.2. The minimum absolute atomic E-state index is 0.00755. The van der Waals surface area contributed by atoms with Gasteiger partial charge in [0.15, 0.2) is 0 Å². The van der Waals surface area contributed by atoms with E-state index in [1.165, 1.54) is 141 Å². The molecule has 0 N–H and O–H groups in total. The maximum Gasteiger partial charge on any atom is 0.252 e. The van der Waals surface area contributed by atoms with Gasteiger partial charge in [0.25, 0.3) is 6.71 Å². The van der Waals surface area contributed by atoms with Crippen LogP contribution in [0.2, 0.25) is 0 Å². The molecule has 426 valence electrons. The van der Waals surface area contributed by atoms with Crippen molar-refractivity contribution in [1.29, 1.82) is 0 Å². The van der Waals surface area contributed by atoms with Gasteiger partial charge in [-0.05, 0) is 168 Å². The number of benzene rings is 10. The van der Waals surface area contributed by atoms with Gasteiger partial charge in [0.2, 0.25) is 0 Å². The zero-order valence-electron chi connectivity index (χ0n) is 52.5. The summed E-state index contributed by atoms with van der Waals surface area (Å²) in [5, 5.41) is 0.